The van der Waals surface area contributed by atoms with Crippen molar-refractivity contribution in [2.75, 3.05) is 13.6 Å². The van der Waals surface area contributed by atoms with Crippen molar-refractivity contribution in [1.82, 2.24) is 5.32 Å². The monoisotopic (exact) mass is 247 g/mol. The van der Waals surface area contributed by atoms with E-state index >= 15 is 0 Å². The molecule has 74 valence electrons. The lowest BCUT2D eigenvalue weighted by atomic mass is 10.1. The fourth-order valence-corrected chi connectivity index (χ4v) is 1.04. The highest BCUT2D eigenvalue weighted by Gasteiger charge is 2.05. The first kappa shape index (κ1) is 12.4. The van der Waals surface area contributed by atoms with Crippen LogP contribution in [0.3, 0.4) is 0 Å². The van der Waals surface area contributed by atoms with Crippen molar-refractivity contribution in [2.24, 2.45) is 0 Å². The molecule has 1 aromatic rings. The number of benzene rings is 1. The third kappa shape index (κ3) is 3.76. The van der Waals surface area contributed by atoms with Gasteiger partial charge in [0, 0.05) is 6.54 Å². The van der Waals surface area contributed by atoms with Gasteiger partial charge in [-0.15, -0.1) is 17.0 Å². The number of phenolic OH excluding ortho intramolecular Hbond substituents is 1. The SMILES string of the molecule is Br.CNCC(O)c1cccc(O)c1. The van der Waals surface area contributed by atoms with Gasteiger partial charge in [-0.25, -0.2) is 0 Å². The van der Waals surface area contributed by atoms with Gasteiger partial charge in [-0.2, -0.15) is 0 Å². The standard InChI is InChI=1S/C9H13NO2.BrH/c1-10-6-9(12)7-3-2-4-8(11)5-7;/h2-5,9-12H,6H2,1H3;1H. The third-order valence-corrected chi connectivity index (χ3v) is 1.65. The zero-order valence-electron chi connectivity index (χ0n) is 7.40. The maximum Gasteiger partial charge on any atom is 0.115 e. The Morgan fingerprint density at radius 1 is 1.46 bits per heavy atom. The normalized spacial score (nSPS) is 11.8. The Kier molecular flexibility index (Phi) is 5.70. The van der Waals surface area contributed by atoms with E-state index < -0.39 is 6.10 Å². The summed E-state index contributed by atoms with van der Waals surface area (Å²) in [6.45, 7) is 0.490. The minimum Gasteiger partial charge on any atom is -0.508 e. The number of aromatic hydroxyl groups is 1. The summed E-state index contributed by atoms with van der Waals surface area (Å²) >= 11 is 0. The van der Waals surface area contributed by atoms with Crippen LogP contribution in [0.1, 0.15) is 11.7 Å². The molecule has 0 saturated carbocycles. The van der Waals surface area contributed by atoms with Crippen molar-refractivity contribution in [3.8, 4) is 5.75 Å². The lowest BCUT2D eigenvalue weighted by Crippen LogP contribution is -2.16. The van der Waals surface area contributed by atoms with Crippen LogP contribution >= 0.6 is 17.0 Å². The van der Waals surface area contributed by atoms with Crippen molar-refractivity contribution >= 4 is 17.0 Å². The van der Waals surface area contributed by atoms with Crippen LogP contribution < -0.4 is 5.32 Å². The van der Waals surface area contributed by atoms with Gasteiger partial charge in [0.05, 0.1) is 6.10 Å². The van der Waals surface area contributed by atoms with Gasteiger partial charge in [-0.3, -0.25) is 0 Å². The number of aliphatic hydroxyl groups excluding tert-OH is 1. The second-order valence-corrected chi connectivity index (χ2v) is 2.67. The molecule has 0 aliphatic rings. The molecule has 0 aliphatic carbocycles. The first-order valence-electron chi connectivity index (χ1n) is 3.85. The molecule has 0 amide bonds. The van der Waals surface area contributed by atoms with E-state index in [1.165, 1.54) is 0 Å². The zero-order chi connectivity index (χ0) is 8.97. The van der Waals surface area contributed by atoms with Crippen molar-refractivity contribution in [2.45, 2.75) is 6.10 Å². The Hall–Kier alpha value is -0.580. The Bertz CT molecular complexity index is 255. The molecule has 4 heteroatoms. The fourth-order valence-electron chi connectivity index (χ4n) is 1.04. The second-order valence-electron chi connectivity index (χ2n) is 2.67. The number of hydrogen-bond donors (Lipinski definition) is 3. The van der Waals surface area contributed by atoms with E-state index in [0.717, 1.165) is 5.56 Å². The highest BCUT2D eigenvalue weighted by Crippen LogP contribution is 2.17. The van der Waals surface area contributed by atoms with E-state index in [1.807, 2.05) is 0 Å². The predicted molar refractivity (Wildman–Crippen MR) is 57.3 cm³/mol. The summed E-state index contributed by atoms with van der Waals surface area (Å²) in [5.74, 6) is 0.183. The van der Waals surface area contributed by atoms with Gasteiger partial charge in [0.2, 0.25) is 0 Å². The van der Waals surface area contributed by atoms with Crippen LogP contribution in [-0.2, 0) is 0 Å². The van der Waals surface area contributed by atoms with Crippen LogP contribution in [0.25, 0.3) is 0 Å². The molecule has 0 aliphatic heterocycles. The maximum absolute atomic E-state index is 9.47. The van der Waals surface area contributed by atoms with Crippen LogP contribution in [0.15, 0.2) is 24.3 Å². The molecule has 1 unspecified atom stereocenters. The molecular formula is C9H14BrNO2. The van der Waals surface area contributed by atoms with Gasteiger partial charge in [0.25, 0.3) is 0 Å². The number of likely N-dealkylation sites (N-methyl/N-ethyl adjacent to an activating group) is 1. The fraction of sp³-hybridized carbons (Fsp3) is 0.333. The molecule has 0 spiro atoms. The van der Waals surface area contributed by atoms with E-state index in [1.54, 1.807) is 31.3 Å². The van der Waals surface area contributed by atoms with Gasteiger partial charge < -0.3 is 15.5 Å². The lowest BCUT2D eigenvalue weighted by Gasteiger charge is -2.09. The van der Waals surface area contributed by atoms with Gasteiger partial charge in [-0.05, 0) is 24.7 Å². The molecule has 3 N–H and O–H groups in total. The molecule has 0 saturated heterocycles. The summed E-state index contributed by atoms with van der Waals surface area (Å²) in [4.78, 5) is 0. The van der Waals surface area contributed by atoms with E-state index in [2.05, 4.69) is 5.32 Å². The average molecular weight is 248 g/mol. The lowest BCUT2D eigenvalue weighted by molar-refractivity contribution is 0.177. The van der Waals surface area contributed by atoms with Crippen LogP contribution in [-0.4, -0.2) is 23.8 Å². The van der Waals surface area contributed by atoms with Crippen LogP contribution in [0.5, 0.6) is 5.75 Å². The molecule has 0 radical (unpaired) electrons. The largest absolute Gasteiger partial charge is 0.508 e. The number of halogens is 1. The van der Waals surface area contributed by atoms with Crippen molar-refractivity contribution in [3.05, 3.63) is 29.8 Å². The molecule has 0 fully saturated rings. The summed E-state index contributed by atoms with van der Waals surface area (Å²) in [7, 11) is 1.77. The first-order chi connectivity index (χ1) is 5.74. The third-order valence-electron chi connectivity index (χ3n) is 1.65. The van der Waals surface area contributed by atoms with E-state index in [0.29, 0.717) is 6.54 Å². The smallest absolute Gasteiger partial charge is 0.115 e. The van der Waals surface area contributed by atoms with Gasteiger partial charge in [-0.1, -0.05) is 12.1 Å². The van der Waals surface area contributed by atoms with Gasteiger partial charge >= 0.3 is 0 Å². The van der Waals surface area contributed by atoms with Crippen molar-refractivity contribution < 1.29 is 10.2 Å². The Labute approximate surface area is 88.2 Å². The molecule has 1 rings (SSSR count). The topological polar surface area (TPSA) is 52.5 Å². The van der Waals surface area contributed by atoms with Gasteiger partial charge in [0.15, 0.2) is 0 Å². The summed E-state index contributed by atoms with van der Waals surface area (Å²) < 4.78 is 0. The average Bonchev–Trinajstić information content (AvgIpc) is 2.05. The number of phenols is 1. The van der Waals surface area contributed by atoms with Crippen molar-refractivity contribution in [1.29, 1.82) is 0 Å². The summed E-state index contributed by atoms with van der Waals surface area (Å²) in [6.07, 6.45) is -0.554. The molecule has 1 aromatic carbocycles. The van der Waals surface area contributed by atoms with E-state index in [9.17, 15) is 5.11 Å². The second kappa shape index (κ2) is 5.96. The van der Waals surface area contributed by atoms with E-state index in [4.69, 9.17) is 5.11 Å². The number of hydrogen-bond acceptors (Lipinski definition) is 3. The summed E-state index contributed by atoms with van der Waals surface area (Å²) in [6, 6.07) is 6.63. The highest BCUT2D eigenvalue weighted by atomic mass is 79.9. The Morgan fingerprint density at radius 3 is 2.69 bits per heavy atom. The first-order valence-corrected chi connectivity index (χ1v) is 3.85. The summed E-state index contributed by atoms with van der Waals surface area (Å²) in [5.41, 5.74) is 0.726. The molecule has 0 heterocycles. The Balaban J connectivity index is 0.00000144. The van der Waals surface area contributed by atoms with Crippen LogP contribution in [0.4, 0.5) is 0 Å². The summed E-state index contributed by atoms with van der Waals surface area (Å²) in [5, 5.41) is 21.4. The van der Waals surface area contributed by atoms with E-state index in [-0.39, 0.29) is 22.7 Å². The molecule has 3 nitrogen and oxygen atoms in total. The molecule has 0 bridgehead atoms. The Morgan fingerprint density at radius 2 is 2.15 bits per heavy atom. The molecule has 0 aromatic heterocycles. The quantitative estimate of drug-likeness (QED) is 0.753. The maximum atomic E-state index is 9.47. The predicted octanol–water partition coefficient (Wildman–Crippen LogP) is 1.22. The molecular weight excluding hydrogens is 234 g/mol. The number of rotatable bonds is 3. The number of aliphatic hydroxyl groups is 1. The minimum absolute atomic E-state index is 0. The molecule has 1 atom stereocenters. The minimum atomic E-state index is -0.554. The number of nitrogens with one attached hydrogen (secondary N) is 1. The van der Waals surface area contributed by atoms with Crippen molar-refractivity contribution in [3.63, 3.8) is 0 Å². The van der Waals surface area contributed by atoms with Crippen LogP contribution in [0.2, 0.25) is 0 Å². The molecule has 13 heavy (non-hydrogen) atoms. The zero-order valence-corrected chi connectivity index (χ0v) is 9.11. The van der Waals surface area contributed by atoms with Gasteiger partial charge in [0.1, 0.15) is 5.75 Å². The highest BCUT2D eigenvalue weighted by molar-refractivity contribution is 8.93. The van der Waals surface area contributed by atoms with Crippen LogP contribution in [0, 0.1) is 0 Å².